The zero-order valence-corrected chi connectivity index (χ0v) is 19.6. The first-order valence-electron chi connectivity index (χ1n) is 11.9. The lowest BCUT2D eigenvalue weighted by atomic mass is 9.87. The first-order valence-corrected chi connectivity index (χ1v) is 11.9. The van der Waals surface area contributed by atoms with Gasteiger partial charge >= 0.3 is 0 Å². The normalized spacial score (nSPS) is 19.2. The summed E-state index contributed by atoms with van der Waals surface area (Å²) in [4.78, 5) is 18.8. The number of nitrogens with one attached hydrogen (secondary N) is 1. The molecule has 1 aromatic heterocycles. The summed E-state index contributed by atoms with van der Waals surface area (Å²) in [5.74, 6) is 1.59. The Bertz CT molecular complexity index is 1260. The van der Waals surface area contributed by atoms with Crippen LogP contribution in [0.25, 0.3) is 10.9 Å². The zero-order chi connectivity index (χ0) is 23.5. The van der Waals surface area contributed by atoms with Crippen LogP contribution in [0.3, 0.4) is 0 Å². The molecular formula is C29H30N2O3. The van der Waals surface area contributed by atoms with Crippen molar-refractivity contribution in [1.82, 2.24) is 9.88 Å². The minimum Gasteiger partial charge on any atom is -0.457 e. The fourth-order valence-corrected chi connectivity index (χ4v) is 4.89. The van der Waals surface area contributed by atoms with E-state index < -0.39 is 0 Å². The summed E-state index contributed by atoms with van der Waals surface area (Å²) in [5.41, 5.74) is 3.25. The Labute approximate surface area is 200 Å². The van der Waals surface area contributed by atoms with E-state index in [2.05, 4.69) is 29.2 Å². The highest BCUT2D eigenvalue weighted by Gasteiger charge is 2.29. The number of carbonyl (C=O) groups is 1. The van der Waals surface area contributed by atoms with Crippen LogP contribution < -0.4 is 4.74 Å². The standard InChI is InChI=1S/C29H30N2O3/c1-20-18-31(19-21(2)33-20)29(32)16-26(27-17-30-28-14-7-6-13-25(27)28)22-9-8-12-24(15-22)34-23-10-4-3-5-11-23/h3-15,17,20-21,26,30H,16,18-19H2,1-2H3. The number of aromatic amines is 1. The van der Waals surface area contributed by atoms with E-state index in [0.717, 1.165) is 33.5 Å². The molecule has 5 nitrogen and oxygen atoms in total. The van der Waals surface area contributed by atoms with Gasteiger partial charge in [0.25, 0.3) is 0 Å². The number of fused-ring (bicyclic) bond motifs is 1. The molecule has 5 rings (SSSR count). The summed E-state index contributed by atoms with van der Waals surface area (Å²) in [6.07, 6.45) is 2.51. The minimum atomic E-state index is -0.101. The second-order valence-corrected chi connectivity index (χ2v) is 9.09. The molecule has 0 spiro atoms. The number of H-pyrrole nitrogens is 1. The molecule has 1 saturated heterocycles. The maximum atomic E-state index is 13.5. The van der Waals surface area contributed by atoms with Crippen molar-refractivity contribution in [1.29, 1.82) is 0 Å². The van der Waals surface area contributed by atoms with Crippen molar-refractivity contribution in [2.45, 2.75) is 38.4 Å². The third-order valence-corrected chi connectivity index (χ3v) is 6.39. The quantitative estimate of drug-likeness (QED) is 0.382. The number of amides is 1. The Kier molecular flexibility index (Phi) is 6.37. The Morgan fingerprint density at radius 3 is 2.47 bits per heavy atom. The van der Waals surface area contributed by atoms with Crippen molar-refractivity contribution in [3.63, 3.8) is 0 Å². The van der Waals surface area contributed by atoms with Gasteiger partial charge in [-0.15, -0.1) is 0 Å². The first kappa shape index (κ1) is 22.2. The molecule has 0 aliphatic carbocycles. The second kappa shape index (κ2) is 9.74. The summed E-state index contributed by atoms with van der Waals surface area (Å²) >= 11 is 0. The number of aromatic nitrogens is 1. The van der Waals surface area contributed by atoms with E-state index in [1.165, 1.54) is 0 Å². The predicted molar refractivity (Wildman–Crippen MR) is 134 cm³/mol. The van der Waals surface area contributed by atoms with Crippen molar-refractivity contribution in [3.05, 3.63) is 96.2 Å². The lowest BCUT2D eigenvalue weighted by Crippen LogP contribution is -2.48. The number of benzene rings is 3. The molecule has 0 bridgehead atoms. The van der Waals surface area contributed by atoms with E-state index in [4.69, 9.17) is 9.47 Å². The fourth-order valence-electron chi connectivity index (χ4n) is 4.89. The molecule has 0 radical (unpaired) electrons. The van der Waals surface area contributed by atoms with Crippen molar-refractivity contribution < 1.29 is 14.3 Å². The van der Waals surface area contributed by atoms with Gasteiger partial charge in [-0.3, -0.25) is 4.79 Å². The van der Waals surface area contributed by atoms with Crippen molar-refractivity contribution >= 4 is 16.8 Å². The molecule has 1 aliphatic rings. The molecule has 1 N–H and O–H groups in total. The number of carbonyl (C=O) groups excluding carboxylic acids is 1. The summed E-state index contributed by atoms with van der Waals surface area (Å²) < 4.78 is 11.9. The van der Waals surface area contributed by atoms with Gasteiger partial charge in [0.05, 0.1) is 12.2 Å². The first-order chi connectivity index (χ1) is 16.6. The molecule has 1 fully saturated rings. The average molecular weight is 455 g/mol. The van der Waals surface area contributed by atoms with E-state index >= 15 is 0 Å². The highest BCUT2D eigenvalue weighted by Crippen LogP contribution is 2.36. The molecule has 5 heteroatoms. The highest BCUT2D eigenvalue weighted by atomic mass is 16.5. The summed E-state index contributed by atoms with van der Waals surface area (Å²) in [6.45, 7) is 5.30. The van der Waals surface area contributed by atoms with Crippen molar-refractivity contribution in [3.8, 4) is 11.5 Å². The molecule has 34 heavy (non-hydrogen) atoms. The molecule has 1 amide bonds. The summed E-state index contributed by atoms with van der Waals surface area (Å²) in [7, 11) is 0. The van der Waals surface area contributed by atoms with E-state index in [-0.39, 0.29) is 24.0 Å². The molecule has 3 atom stereocenters. The molecule has 2 heterocycles. The van der Waals surface area contributed by atoms with Crippen LogP contribution in [0.5, 0.6) is 11.5 Å². The predicted octanol–water partition coefficient (Wildman–Crippen LogP) is 6.12. The van der Waals surface area contributed by atoms with Crippen LogP contribution in [0.1, 0.15) is 37.3 Å². The SMILES string of the molecule is CC1CN(C(=O)CC(c2cccc(Oc3ccccc3)c2)c2c[nH]c3ccccc23)CC(C)O1. The third-order valence-electron chi connectivity index (χ3n) is 6.39. The lowest BCUT2D eigenvalue weighted by molar-refractivity contribution is -0.143. The summed E-state index contributed by atoms with van der Waals surface area (Å²) in [6, 6.07) is 26.1. The average Bonchev–Trinajstić information content (AvgIpc) is 3.26. The number of para-hydroxylation sites is 2. The van der Waals surface area contributed by atoms with Gasteiger partial charge in [0.15, 0.2) is 0 Å². The number of nitrogens with zero attached hydrogens (tertiary/aromatic N) is 1. The Morgan fingerprint density at radius 2 is 1.68 bits per heavy atom. The van der Waals surface area contributed by atoms with Gasteiger partial charge in [-0.1, -0.05) is 48.5 Å². The van der Waals surface area contributed by atoms with Gasteiger partial charge < -0.3 is 19.4 Å². The number of hydrogen-bond acceptors (Lipinski definition) is 3. The molecule has 3 unspecified atom stereocenters. The van der Waals surface area contributed by atoms with Gasteiger partial charge in [-0.25, -0.2) is 0 Å². The van der Waals surface area contributed by atoms with Crippen LogP contribution in [-0.4, -0.2) is 41.1 Å². The molecular weight excluding hydrogens is 424 g/mol. The maximum Gasteiger partial charge on any atom is 0.223 e. The molecule has 3 aromatic carbocycles. The topological polar surface area (TPSA) is 54.6 Å². The monoisotopic (exact) mass is 454 g/mol. The minimum absolute atomic E-state index is 0.0434. The number of rotatable bonds is 6. The largest absolute Gasteiger partial charge is 0.457 e. The van der Waals surface area contributed by atoms with Gasteiger partial charge in [0, 0.05) is 42.5 Å². The van der Waals surface area contributed by atoms with E-state index in [1.807, 2.05) is 79.5 Å². The van der Waals surface area contributed by atoms with Crippen molar-refractivity contribution in [2.75, 3.05) is 13.1 Å². The Morgan fingerprint density at radius 1 is 0.971 bits per heavy atom. The zero-order valence-electron chi connectivity index (χ0n) is 19.6. The summed E-state index contributed by atoms with van der Waals surface area (Å²) in [5, 5.41) is 1.14. The molecule has 4 aromatic rings. The third kappa shape index (κ3) is 4.85. The van der Waals surface area contributed by atoms with Crippen LogP contribution in [0.4, 0.5) is 0 Å². The van der Waals surface area contributed by atoms with E-state index in [0.29, 0.717) is 19.5 Å². The Balaban J connectivity index is 1.48. The van der Waals surface area contributed by atoms with Crippen LogP contribution in [0.15, 0.2) is 85.1 Å². The number of hydrogen-bond donors (Lipinski definition) is 1. The van der Waals surface area contributed by atoms with E-state index in [9.17, 15) is 4.79 Å². The molecule has 174 valence electrons. The lowest BCUT2D eigenvalue weighted by Gasteiger charge is -2.36. The van der Waals surface area contributed by atoms with Gasteiger partial charge in [0.2, 0.25) is 5.91 Å². The van der Waals surface area contributed by atoms with Crippen LogP contribution >= 0.6 is 0 Å². The van der Waals surface area contributed by atoms with Gasteiger partial charge in [0.1, 0.15) is 11.5 Å². The molecule has 1 aliphatic heterocycles. The highest BCUT2D eigenvalue weighted by molar-refractivity contribution is 5.86. The maximum absolute atomic E-state index is 13.5. The fraction of sp³-hybridized carbons (Fsp3) is 0.276. The van der Waals surface area contributed by atoms with Crippen molar-refractivity contribution in [2.24, 2.45) is 0 Å². The number of ether oxygens (including phenoxy) is 2. The van der Waals surface area contributed by atoms with Gasteiger partial charge in [-0.2, -0.15) is 0 Å². The number of morpholine rings is 1. The molecule has 0 saturated carbocycles. The van der Waals surface area contributed by atoms with Crippen LogP contribution in [-0.2, 0) is 9.53 Å². The second-order valence-electron chi connectivity index (χ2n) is 9.09. The van der Waals surface area contributed by atoms with E-state index in [1.54, 1.807) is 0 Å². The van der Waals surface area contributed by atoms with Crippen LogP contribution in [0.2, 0.25) is 0 Å². The van der Waals surface area contributed by atoms with Crippen LogP contribution in [0, 0.1) is 0 Å². The van der Waals surface area contributed by atoms with Gasteiger partial charge in [-0.05, 0) is 55.3 Å². The smallest absolute Gasteiger partial charge is 0.223 e. The Hall–Kier alpha value is -3.57.